The van der Waals surface area contributed by atoms with Crippen molar-refractivity contribution in [1.29, 1.82) is 0 Å². The zero-order valence-corrected chi connectivity index (χ0v) is 17.3. The average molecular weight is 401 g/mol. The molecule has 0 aliphatic heterocycles. The van der Waals surface area contributed by atoms with Gasteiger partial charge in [-0.2, -0.15) is 9.78 Å². The van der Waals surface area contributed by atoms with E-state index >= 15 is 0 Å². The highest BCUT2D eigenvalue weighted by Gasteiger charge is 2.15. The maximum absolute atomic E-state index is 12.1. The molecule has 2 aromatic heterocycles. The molecule has 0 radical (unpaired) electrons. The van der Waals surface area contributed by atoms with E-state index in [1.165, 1.54) is 11.3 Å². The maximum atomic E-state index is 12.1. The number of hydrogen-bond acceptors (Lipinski definition) is 6. The van der Waals surface area contributed by atoms with Crippen molar-refractivity contribution in [3.05, 3.63) is 35.3 Å². The monoisotopic (exact) mass is 400 g/mol. The summed E-state index contributed by atoms with van der Waals surface area (Å²) < 4.78 is 12.3. The standard InChI is InChI=1S/C20H24N4O3S/c1-5-6-7-19(25)22-18-10-13(2)23-24(18)20-21-15(12-28-20)14-8-9-16(26-3)17(11-14)27-4/h8-12H,5-7H2,1-4H3,(H,22,25). The second kappa shape index (κ2) is 8.88. The number of anilines is 1. The minimum atomic E-state index is -0.0142. The van der Waals surface area contributed by atoms with Crippen LogP contribution in [0.5, 0.6) is 11.5 Å². The lowest BCUT2D eigenvalue weighted by molar-refractivity contribution is -0.116. The van der Waals surface area contributed by atoms with Crippen LogP contribution in [-0.4, -0.2) is 34.9 Å². The number of benzene rings is 1. The van der Waals surface area contributed by atoms with Crippen molar-refractivity contribution in [2.45, 2.75) is 33.1 Å². The third kappa shape index (κ3) is 4.33. The van der Waals surface area contributed by atoms with Gasteiger partial charge in [-0.3, -0.25) is 4.79 Å². The van der Waals surface area contributed by atoms with E-state index in [1.807, 2.05) is 36.6 Å². The highest BCUT2D eigenvalue weighted by atomic mass is 32.1. The van der Waals surface area contributed by atoms with E-state index in [2.05, 4.69) is 17.3 Å². The number of ether oxygens (including phenoxy) is 2. The number of carbonyl (C=O) groups excluding carboxylic acids is 1. The predicted octanol–water partition coefficient (Wildman–Crippen LogP) is 4.45. The van der Waals surface area contributed by atoms with Gasteiger partial charge >= 0.3 is 0 Å². The first-order valence-electron chi connectivity index (χ1n) is 9.10. The minimum Gasteiger partial charge on any atom is -0.493 e. The number of hydrogen-bond donors (Lipinski definition) is 1. The summed E-state index contributed by atoms with van der Waals surface area (Å²) in [5.74, 6) is 1.93. The molecule has 0 aliphatic carbocycles. The number of amides is 1. The van der Waals surface area contributed by atoms with Gasteiger partial charge in [0.2, 0.25) is 11.0 Å². The van der Waals surface area contributed by atoms with Gasteiger partial charge < -0.3 is 14.8 Å². The lowest BCUT2D eigenvalue weighted by atomic mass is 10.1. The average Bonchev–Trinajstić information content (AvgIpc) is 3.32. The van der Waals surface area contributed by atoms with E-state index in [1.54, 1.807) is 18.9 Å². The van der Waals surface area contributed by atoms with Crippen molar-refractivity contribution in [2.75, 3.05) is 19.5 Å². The molecule has 0 fully saturated rings. The molecule has 0 atom stereocenters. The van der Waals surface area contributed by atoms with Crippen LogP contribution in [0, 0.1) is 6.92 Å². The molecule has 8 heteroatoms. The van der Waals surface area contributed by atoms with E-state index < -0.39 is 0 Å². The summed E-state index contributed by atoms with van der Waals surface area (Å²) >= 11 is 1.46. The van der Waals surface area contributed by atoms with Crippen molar-refractivity contribution in [1.82, 2.24) is 14.8 Å². The van der Waals surface area contributed by atoms with Crippen LogP contribution in [0.3, 0.4) is 0 Å². The summed E-state index contributed by atoms with van der Waals surface area (Å²) in [6.45, 7) is 3.95. The Morgan fingerprint density at radius 3 is 2.71 bits per heavy atom. The van der Waals surface area contributed by atoms with Crippen LogP contribution in [0.15, 0.2) is 29.6 Å². The Labute approximate surface area is 168 Å². The molecule has 2 heterocycles. The van der Waals surface area contributed by atoms with Gasteiger partial charge in [0, 0.05) is 23.4 Å². The van der Waals surface area contributed by atoms with Crippen molar-refractivity contribution < 1.29 is 14.3 Å². The lowest BCUT2D eigenvalue weighted by Gasteiger charge is -2.08. The van der Waals surface area contributed by atoms with E-state index in [0.29, 0.717) is 28.9 Å². The lowest BCUT2D eigenvalue weighted by Crippen LogP contribution is -2.14. The van der Waals surface area contributed by atoms with Gasteiger partial charge in [0.15, 0.2) is 11.5 Å². The molecule has 7 nitrogen and oxygen atoms in total. The van der Waals surface area contributed by atoms with Crippen molar-refractivity contribution in [3.63, 3.8) is 0 Å². The highest BCUT2D eigenvalue weighted by molar-refractivity contribution is 7.12. The molecule has 148 valence electrons. The SMILES string of the molecule is CCCCC(=O)Nc1cc(C)nn1-c1nc(-c2ccc(OC)c(OC)c2)cs1. The Balaban J connectivity index is 1.87. The minimum absolute atomic E-state index is 0.0142. The zero-order valence-electron chi connectivity index (χ0n) is 16.5. The fourth-order valence-electron chi connectivity index (χ4n) is 2.77. The van der Waals surface area contributed by atoms with Gasteiger partial charge in [-0.1, -0.05) is 13.3 Å². The fraction of sp³-hybridized carbons (Fsp3) is 0.350. The predicted molar refractivity (Wildman–Crippen MR) is 111 cm³/mol. The number of thiazole rings is 1. The summed E-state index contributed by atoms with van der Waals surface area (Å²) in [5, 5.41) is 10.1. The largest absolute Gasteiger partial charge is 0.493 e. The number of methoxy groups -OCH3 is 2. The topological polar surface area (TPSA) is 78.3 Å². The Kier molecular flexibility index (Phi) is 6.30. The first kappa shape index (κ1) is 19.9. The number of aryl methyl sites for hydroxylation is 1. The number of rotatable bonds is 8. The van der Waals surface area contributed by atoms with Gasteiger partial charge in [-0.25, -0.2) is 4.98 Å². The third-order valence-electron chi connectivity index (χ3n) is 4.21. The van der Waals surface area contributed by atoms with Crippen LogP contribution in [0.1, 0.15) is 31.9 Å². The number of aromatic nitrogens is 3. The molecular weight excluding hydrogens is 376 g/mol. The molecule has 3 aromatic rings. The summed E-state index contributed by atoms with van der Waals surface area (Å²) in [6.07, 6.45) is 2.34. The molecule has 1 amide bonds. The normalized spacial score (nSPS) is 10.7. The van der Waals surface area contributed by atoms with Crippen LogP contribution in [0.2, 0.25) is 0 Å². The zero-order chi connectivity index (χ0) is 20.1. The third-order valence-corrected chi connectivity index (χ3v) is 5.03. The summed E-state index contributed by atoms with van der Waals surface area (Å²) in [7, 11) is 3.21. The number of carbonyl (C=O) groups is 1. The number of nitrogens with one attached hydrogen (secondary N) is 1. The van der Waals surface area contributed by atoms with Crippen LogP contribution >= 0.6 is 11.3 Å². The molecule has 3 rings (SSSR count). The van der Waals surface area contributed by atoms with Gasteiger partial charge in [0.05, 0.1) is 25.6 Å². The Bertz CT molecular complexity index is 964. The van der Waals surface area contributed by atoms with Gasteiger partial charge in [-0.15, -0.1) is 11.3 Å². The van der Waals surface area contributed by atoms with Crippen LogP contribution < -0.4 is 14.8 Å². The summed E-state index contributed by atoms with van der Waals surface area (Å²) in [6, 6.07) is 7.52. The molecule has 0 unspecified atom stereocenters. The Morgan fingerprint density at radius 2 is 2.00 bits per heavy atom. The molecule has 0 spiro atoms. The van der Waals surface area contributed by atoms with Crippen LogP contribution in [0.4, 0.5) is 5.82 Å². The van der Waals surface area contributed by atoms with Gasteiger partial charge in [-0.05, 0) is 31.5 Å². The molecule has 28 heavy (non-hydrogen) atoms. The van der Waals surface area contributed by atoms with Crippen molar-refractivity contribution >= 4 is 23.1 Å². The molecule has 1 N–H and O–H groups in total. The van der Waals surface area contributed by atoms with Gasteiger partial charge in [0.1, 0.15) is 5.82 Å². The van der Waals surface area contributed by atoms with Crippen molar-refractivity contribution in [2.24, 2.45) is 0 Å². The summed E-state index contributed by atoms with van der Waals surface area (Å²) in [5.41, 5.74) is 2.53. The highest BCUT2D eigenvalue weighted by Crippen LogP contribution is 2.33. The van der Waals surface area contributed by atoms with Gasteiger partial charge in [0.25, 0.3) is 0 Å². The fourth-order valence-corrected chi connectivity index (χ4v) is 3.56. The summed E-state index contributed by atoms with van der Waals surface area (Å²) in [4.78, 5) is 16.8. The van der Waals surface area contributed by atoms with E-state index in [0.717, 1.165) is 29.8 Å². The first-order chi connectivity index (χ1) is 13.5. The molecule has 0 aliphatic rings. The van der Waals surface area contributed by atoms with E-state index in [9.17, 15) is 4.79 Å². The number of unbranched alkanes of at least 4 members (excludes halogenated alkanes) is 1. The quantitative estimate of drug-likeness (QED) is 0.604. The molecular formula is C20H24N4O3S. The molecule has 1 aromatic carbocycles. The van der Waals surface area contributed by atoms with E-state index in [-0.39, 0.29) is 5.91 Å². The second-order valence-electron chi connectivity index (χ2n) is 6.32. The van der Waals surface area contributed by atoms with Crippen LogP contribution in [-0.2, 0) is 4.79 Å². The number of nitrogens with zero attached hydrogens (tertiary/aromatic N) is 3. The van der Waals surface area contributed by atoms with Crippen molar-refractivity contribution in [3.8, 4) is 27.9 Å². The maximum Gasteiger partial charge on any atom is 0.225 e. The first-order valence-corrected chi connectivity index (χ1v) is 9.98. The van der Waals surface area contributed by atoms with E-state index in [4.69, 9.17) is 14.5 Å². The second-order valence-corrected chi connectivity index (χ2v) is 7.16. The Morgan fingerprint density at radius 1 is 1.21 bits per heavy atom. The molecule has 0 bridgehead atoms. The molecule has 0 saturated heterocycles. The van der Waals surface area contributed by atoms with Crippen LogP contribution in [0.25, 0.3) is 16.4 Å². The Hall–Kier alpha value is -2.87. The smallest absolute Gasteiger partial charge is 0.225 e. The molecule has 0 saturated carbocycles.